The summed E-state index contributed by atoms with van der Waals surface area (Å²) in [7, 11) is 0. The molecule has 1 aromatic heterocycles. The van der Waals surface area contributed by atoms with Crippen molar-refractivity contribution in [1.82, 2.24) is 0 Å². The number of aryl methyl sites for hydroxylation is 1. The van der Waals surface area contributed by atoms with Gasteiger partial charge in [-0.25, -0.2) is 0 Å². The van der Waals surface area contributed by atoms with Gasteiger partial charge in [0.25, 0.3) is 0 Å². The second-order valence-corrected chi connectivity index (χ2v) is 5.12. The van der Waals surface area contributed by atoms with Crippen LogP contribution >= 0.6 is 11.3 Å². The Morgan fingerprint density at radius 1 is 1.24 bits per heavy atom. The molecule has 1 fully saturated rings. The van der Waals surface area contributed by atoms with E-state index in [0.717, 1.165) is 10.4 Å². The molecule has 0 radical (unpaired) electrons. The van der Waals surface area contributed by atoms with Crippen LogP contribution in [0.5, 0.6) is 0 Å². The molecule has 0 unspecified atom stereocenters. The summed E-state index contributed by atoms with van der Waals surface area (Å²) >= 11 is 1.47. The van der Waals surface area contributed by atoms with Crippen LogP contribution in [0.15, 0.2) is 41.8 Å². The Morgan fingerprint density at radius 2 is 2.06 bits per heavy atom. The first-order valence-corrected chi connectivity index (χ1v) is 6.44. The lowest BCUT2D eigenvalue weighted by Gasteiger charge is -2.00. The number of hydrogen-bond donors (Lipinski definition) is 0. The van der Waals surface area contributed by atoms with Gasteiger partial charge in [-0.3, -0.25) is 4.79 Å². The maximum atomic E-state index is 12.0. The minimum Gasteiger partial charge on any atom is -0.356 e. The van der Waals surface area contributed by atoms with Gasteiger partial charge in [-0.05, 0) is 29.5 Å². The van der Waals surface area contributed by atoms with Crippen molar-refractivity contribution in [3.8, 4) is 0 Å². The summed E-state index contributed by atoms with van der Waals surface area (Å²) in [6.07, 6.45) is -0.333. The number of benzene rings is 1. The number of hydrogen-bond acceptors (Lipinski definition) is 3. The number of ketones is 1. The molecule has 2 heterocycles. The Balaban J connectivity index is 1.79. The fraction of sp³-hybridized carbons (Fsp3) is 0.214. The highest BCUT2D eigenvalue weighted by Gasteiger charge is 2.46. The SMILES string of the molecule is Cc1ccccc1[C@@H]1O[C@H]1C(=O)c1cccs1. The zero-order valence-electron chi connectivity index (χ0n) is 9.42. The van der Waals surface area contributed by atoms with Crippen molar-refractivity contribution in [3.05, 3.63) is 57.8 Å². The van der Waals surface area contributed by atoms with Crippen LogP contribution in [0.1, 0.15) is 26.9 Å². The molecule has 86 valence electrons. The normalized spacial score (nSPS) is 22.4. The first kappa shape index (κ1) is 10.7. The monoisotopic (exact) mass is 244 g/mol. The summed E-state index contributed by atoms with van der Waals surface area (Å²) in [5, 5.41) is 1.92. The molecule has 0 bridgehead atoms. The van der Waals surface area contributed by atoms with Crippen LogP contribution in [0, 0.1) is 6.92 Å². The molecule has 0 aliphatic carbocycles. The number of ether oxygens (including phenoxy) is 1. The number of carbonyl (C=O) groups is 1. The van der Waals surface area contributed by atoms with Gasteiger partial charge in [0, 0.05) is 0 Å². The van der Waals surface area contributed by atoms with E-state index in [4.69, 9.17) is 4.74 Å². The summed E-state index contributed by atoms with van der Waals surface area (Å²) in [5.41, 5.74) is 2.31. The predicted octanol–water partition coefficient (Wildman–Crippen LogP) is 3.38. The van der Waals surface area contributed by atoms with E-state index in [1.807, 2.05) is 48.7 Å². The largest absolute Gasteiger partial charge is 0.356 e. The van der Waals surface area contributed by atoms with Gasteiger partial charge < -0.3 is 4.74 Å². The second-order valence-electron chi connectivity index (χ2n) is 4.18. The molecule has 0 amide bonds. The molecular formula is C14H12O2S. The maximum absolute atomic E-state index is 12.0. The fourth-order valence-electron chi connectivity index (χ4n) is 2.01. The number of thiophene rings is 1. The Hall–Kier alpha value is -1.45. The molecule has 1 aliphatic heterocycles. The van der Waals surface area contributed by atoms with Gasteiger partial charge in [0.1, 0.15) is 6.10 Å². The van der Waals surface area contributed by atoms with Crippen LogP contribution in [-0.2, 0) is 4.74 Å². The molecule has 17 heavy (non-hydrogen) atoms. The van der Waals surface area contributed by atoms with Crippen molar-refractivity contribution in [2.24, 2.45) is 0 Å². The van der Waals surface area contributed by atoms with Crippen LogP contribution in [0.2, 0.25) is 0 Å². The Bertz CT molecular complexity index is 545. The van der Waals surface area contributed by atoms with Gasteiger partial charge >= 0.3 is 0 Å². The zero-order valence-corrected chi connectivity index (χ0v) is 10.2. The molecule has 3 rings (SSSR count). The maximum Gasteiger partial charge on any atom is 0.204 e. The molecule has 0 spiro atoms. The van der Waals surface area contributed by atoms with E-state index in [1.165, 1.54) is 16.9 Å². The average molecular weight is 244 g/mol. The molecule has 2 nitrogen and oxygen atoms in total. The van der Waals surface area contributed by atoms with E-state index >= 15 is 0 Å². The van der Waals surface area contributed by atoms with E-state index < -0.39 is 0 Å². The van der Waals surface area contributed by atoms with E-state index in [2.05, 4.69) is 0 Å². The highest BCUT2D eigenvalue weighted by molar-refractivity contribution is 7.12. The van der Waals surface area contributed by atoms with Crippen molar-refractivity contribution >= 4 is 17.1 Å². The molecule has 3 heteroatoms. The first-order chi connectivity index (χ1) is 8.27. The van der Waals surface area contributed by atoms with E-state index in [9.17, 15) is 4.79 Å². The van der Waals surface area contributed by atoms with E-state index in [0.29, 0.717) is 0 Å². The van der Waals surface area contributed by atoms with Crippen molar-refractivity contribution in [3.63, 3.8) is 0 Å². The standard InChI is InChI=1S/C14H12O2S/c1-9-5-2-3-6-10(9)13-14(16-13)12(15)11-7-4-8-17-11/h2-8,13-14H,1H3/t13-,14-/m0/s1. The van der Waals surface area contributed by atoms with Crippen molar-refractivity contribution in [2.75, 3.05) is 0 Å². The van der Waals surface area contributed by atoms with Crippen LogP contribution in [-0.4, -0.2) is 11.9 Å². The summed E-state index contributed by atoms with van der Waals surface area (Å²) in [6.45, 7) is 2.05. The third-order valence-electron chi connectivity index (χ3n) is 3.01. The Morgan fingerprint density at radius 3 is 2.76 bits per heavy atom. The smallest absolute Gasteiger partial charge is 0.204 e. The molecule has 1 aliphatic rings. The zero-order chi connectivity index (χ0) is 11.8. The minimum atomic E-state index is -0.283. The van der Waals surface area contributed by atoms with Gasteiger partial charge in [-0.1, -0.05) is 30.3 Å². The van der Waals surface area contributed by atoms with E-state index in [-0.39, 0.29) is 18.0 Å². The van der Waals surface area contributed by atoms with Gasteiger partial charge in [-0.2, -0.15) is 0 Å². The number of epoxide rings is 1. The first-order valence-electron chi connectivity index (χ1n) is 5.56. The predicted molar refractivity (Wildman–Crippen MR) is 67.4 cm³/mol. The van der Waals surface area contributed by atoms with Gasteiger partial charge in [0.05, 0.1) is 4.88 Å². The highest BCUT2D eigenvalue weighted by Crippen LogP contribution is 2.42. The lowest BCUT2D eigenvalue weighted by atomic mass is 10.0. The second kappa shape index (κ2) is 4.09. The molecule has 2 aromatic rings. The summed E-state index contributed by atoms with van der Waals surface area (Å²) in [5.74, 6) is 0.105. The average Bonchev–Trinajstić information content (AvgIpc) is 2.93. The lowest BCUT2D eigenvalue weighted by molar-refractivity contribution is 0.0957. The highest BCUT2D eigenvalue weighted by atomic mass is 32.1. The number of carbonyl (C=O) groups excluding carboxylic acids is 1. The summed E-state index contributed by atoms with van der Waals surface area (Å²) in [4.78, 5) is 12.8. The van der Waals surface area contributed by atoms with Gasteiger partial charge in [-0.15, -0.1) is 11.3 Å². The van der Waals surface area contributed by atoms with Crippen molar-refractivity contribution in [2.45, 2.75) is 19.1 Å². The van der Waals surface area contributed by atoms with Crippen LogP contribution < -0.4 is 0 Å². The third kappa shape index (κ3) is 1.92. The summed E-state index contributed by atoms with van der Waals surface area (Å²) in [6, 6.07) is 11.8. The minimum absolute atomic E-state index is 0.0502. The van der Waals surface area contributed by atoms with E-state index in [1.54, 1.807) is 0 Å². The topological polar surface area (TPSA) is 29.6 Å². The van der Waals surface area contributed by atoms with Crippen LogP contribution in [0.4, 0.5) is 0 Å². The molecule has 2 atom stereocenters. The third-order valence-corrected chi connectivity index (χ3v) is 3.89. The van der Waals surface area contributed by atoms with Gasteiger partial charge in [0.15, 0.2) is 6.10 Å². The Labute approximate surface area is 104 Å². The van der Waals surface area contributed by atoms with Crippen molar-refractivity contribution < 1.29 is 9.53 Å². The van der Waals surface area contributed by atoms with Crippen LogP contribution in [0.3, 0.4) is 0 Å². The molecule has 0 N–H and O–H groups in total. The molecule has 1 saturated heterocycles. The molecular weight excluding hydrogens is 232 g/mol. The lowest BCUT2D eigenvalue weighted by Crippen LogP contribution is -2.06. The van der Waals surface area contributed by atoms with Gasteiger partial charge in [0.2, 0.25) is 5.78 Å². The number of rotatable bonds is 3. The summed E-state index contributed by atoms with van der Waals surface area (Å²) < 4.78 is 5.53. The molecule has 1 aromatic carbocycles. The Kier molecular flexibility index (Phi) is 2.57. The number of Topliss-reactive ketones (excluding diaryl/α,β-unsaturated/α-hetero) is 1. The molecule has 0 saturated carbocycles. The fourth-order valence-corrected chi connectivity index (χ4v) is 2.71. The quantitative estimate of drug-likeness (QED) is 0.612. The van der Waals surface area contributed by atoms with Crippen molar-refractivity contribution in [1.29, 1.82) is 0 Å². The van der Waals surface area contributed by atoms with Crippen LogP contribution in [0.25, 0.3) is 0 Å².